The summed E-state index contributed by atoms with van der Waals surface area (Å²) in [6.07, 6.45) is 5.74. The zero-order valence-electron chi connectivity index (χ0n) is 30.6. The molecule has 6 aliphatic rings. The van der Waals surface area contributed by atoms with E-state index in [9.17, 15) is 44.4 Å². The maximum Gasteiger partial charge on any atom is 0.352 e. The topological polar surface area (TPSA) is 251 Å². The molecule has 16 nitrogen and oxygen atoms in total. The maximum absolute atomic E-state index is 12.6. The highest BCUT2D eigenvalue weighted by Gasteiger charge is 2.68. The standard InChI is InChI=1S/C21H30O5.C15H17N5O6S2/c1-19-7-5-13(23)9-12(19)3-4-14-15-6-8-21(26,17(25)11-22)20(15,2)10-16(24)18(14)19;1-25-3-6-4-27-13-9(12(22)20(13)10(6)14(23)24)18-11(21)8(19-26-2)7-5-28-15(16)17-7/h9,14-16,18,22,24,26H,3-8,10-11H2,1-2H3;5,9,13H,3-4H2,1-2H3,(H2,16,17)(H,18,21)(H,23,24)/b;19-8-/t14-,15-,16-,18+,19-,20-,21-;9-,13-/m01/s1. The SMILES string of the molecule is COCC1=C(C(=O)O)N2C(=O)[C@@H](NC(=O)/C(=N\OC)c3csc(N)n3)[C@H]2SC1.C[C@]12CCC(=O)C=C1CC[C@@H]1[C@@H]2[C@@H](O)C[C@@]2(C)[C@H]1CC[C@]2(O)C(=O)CO. The van der Waals surface area contributed by atoms with Crippen LogP contribution >= 0.6 is 23.1 Å². The van der Waals surface area contributed by atoms with Gasteiger partial charge in [-0.15, -0.1) is 23.1 Å². The molecule has 0 bridgehead atoms. The maximum atomic E-state index is 12.6. The largest absolute Gasteiger partial charge is 0.477 e. The first-order chi connectivity index (χ1) is 25.6. The van der Waals surface area contributed by atoms with Crippen molar-refractivity contribution in [2.45, 2.75) is 81.9 Å². The number of rotatable bonds is 9. The van der Waals surface area contributed by atoms with E-state index in [1.807, 2.05) is 6.92 Å². The number of hydrogen-bond donors (Lipinski definition) is 6. The summed E-state index contributed by atoms with van der Waals surface area (Å²) in [5.74, 6) is -1.89. The van der Waals surface area contributed by atoms with Gasteiger partial charge in [0.1, 0.15) is 42.1 Å². The number of carboxylic acids is 1. The lowest BCUT2D eigenvalue weighted by atomic mass is 9.45. The first kappa shape index (κ1) is 40.0. The van der Waals surface area contributed by atoms with E-state index in [-0.39, 0.29) is 57.8 Å². The second-order valence-electron chi connectivity index (χ2n) is 15.3. The second-order valence-corrected chi connectivity index (χ2v) is 17.3. The molecule has 7 rings (SSSR count). The lowest BCUT2D eigenvalue weighted by Crippen LogP contribution is -2.71. The van der Waals surface area contributed by atoms with Crippen LogP contribution in [0.25, 0.3) is 0 Å². The van der Waals surface area contributed by atoms with E-state index in [1.165, 1.54) is 36.5 Å². The normalized spacial score (nSPS) is 35.6. The number of ether oxygens (including phenoxy) is 1. The third-order valence-corrected chi connectivity index (χ3v) is 14.7. The molecule has 0 spiro atoms. The van der Waals surface area contributed by atoms with E-state index in [0.29, 0.717) is 30.6 Å². The van der Waals surface area contributed by atoms with E-state index in [0.717, 1.165) is 37.0 Å². The third kappa shape index (κ3) is 6.47. The number of nitrogens with two attached hydrogens (primary N) is 1. The number of allylic oxidation sites excluding steroid dienone is 1. The van der Waals surface area contributed by atoms with Gasteiger partial charge in [-0.25, -0.2) is 9.78 Å². The number of hydrogen-bond acceptors (Lipinski definition) is 15. The number of thioether (sulfide) groups is 1. The first-order valence-electron chi connectivity index (χ1n) is 17.9. The molecule has 2 aliphatic heterocycles. The molecule has 3 saturated carbocycles. The molecule has 2 amide bonds. The van der Waals surface area contributed by atoms with Crippen LogP contribution in [-0.2, 0) is 33.5 Å². The van der Waals surface area contributed by atoms with Crippen molar-refractivity contribution in [3.05, 3.63) is 34.0 Å². The molecule has 18 heteroatoms. The molecule has 1 saturated heterocycles. The minimum atomic E-state index is -1.54. The quantitative estimate of drug-likeness (QED) is 0.117. The Balaban J connectivity index is 0.000000185. The summed E-state index contributed by atoms with van der Waals surface area (Å²) < 4.78 is 5.02. The number of fused-ring (bicyclic) bond motifs is 6. The summed E-state index contributed by atoms with van der Waals surface area (Å²) in [5, 5.41) is 48.7. The van der Waals surface area contributed by atoms with Gasteiger partial charge in [0.2, 0.25) is 0 Å². The molecule has 294 valence electrons. The van der Waals surface area contributed by atoms with E-state index in [2.05, 4.69) is 22.4 Å². The Morgan fingerprint density at radius 2 is 1.91 bits per heavy atom. The molecule has 0 unspecified atom stereocenters. The van der Waals surface area contributed by atoms with Gasteiger partial charge in [0, 0.05) is 30.1 Å². The lowest BCUT2D eigenvalue weighted by molar-refractivity contribution is -0.182. The molecule has 1 aromatic heterocycles. The highest BCUT2D eigenvalue weighted by Crippen LogP contribution is 2.67. The van der Waals surface area contributed by atoms with Gasteiger partial charge < -0.3 is 41.1 Å². The average Bonchev–Trinajstić information content (AvgIpc) is 3.68. The zero-order valence-corrected chi connectivity index (χ0v) is 32.2. The van der Waals surface area contributed by atoms with Gasteiger partial charge in [-0.2, -0.15) is 0 Å². The van der Waals surface area contributed by atoms with Crippen LogP contribution in [0.4, 0.5) is 5.13 Å². The van der Waals surface area contributed by atoms with Crippen LogP contribution in [-0.4, -0.2) is 122 Å². The Kier molecular flexibility index (Phi) is 11.2. The van der Waals surface area contributed by atoms with Crippen molar-refractivity contribution in [2.24, 2.45) is 33.7 Å². The van der Waals surface area contributed by atoms with Crippen LogP contribution < -0.4 is 11.1 Å². The van der Waals surface area contributed by atoms with Gasteiger partial charge in [-0.1, -0.05) is 24.6 Å². The molecule has 0 aromatic carbocycles. The van der Waals surface area contributed by atoms with Crippen LogP contribution in [0.2, 0.25) is 0 Å². The number of amides is 2. The number of aliphatic hydroxyl groups is 3. The number of aliphatic carboxylic acids is 1. The average molecular weight is 790 g/mol. The van der Waals surface area contributed by atoms with Crippen LogP contribution in [0, 0.1) is 28.6 Å². The van der Waals surface area contributed by atoms with Crippen molar-refractivity contribution in [1.29, 1.82) is 0 Å². The second kappa shape index (κ2) is 15.1. The van der Waals surface area contributed by atoms with Gasteiger partial charge in [0.25, 0.3) is 11.8 Å². The Morgan fingerprint density at radius 3 is 2.54 bits per heavy atom. The Labute approximate surface area is 320 Å². The predicted molar refractivity (Wildman–Crippen MR) is 197 cm³/mol. The summed E-state index contributed by atoms with van der Waals surface area (Å²) in [6.45, 7) is 3.57. The number of nitrogen functional groups attached to an aromatic ring is 1. The number of β-lactam (4-membered cyclic amide) rings is 1. The van der Waals surface area contributed by atoms with Gasteiger partial charge in [-0.3, -0.25) is 24.1 Å². The number of ketones is 2. The fourth-order valence-corrected chi connectivity index (χ4v) is 12.0. The van der Waals surface area contributed by atoms with Crippen molar-refractivity contribution in [2.75, 3.05) is 38.9 Å². The first-order valence-corrected chi connectivity index (χ1v) is 19.8. The molecular formula is C36H47N5O11S2. The summed E-state index contributed by atoms with van der Waals surface area (Å²) in [7, 11) is 2.73. The Bertz CT molecular complexity index is 1830. The van der Waals surface area contributed by atoms with Gasteiger partial charge >= 0.3 is 5.97 Å². The number of aromatic nitrogens is 1. The van der Waals surface area contributed by atoms with E-state index < -0.39 is 58.7 Å². The van der Waals surface area contributed by atoms with Crippen molar-refractivity contribution < 1.29 is 54.0 Å². The Hall–Kier alpha value is -3.68. The number of carboxylic acid groups (broad SMARTS) is 1. The molecule has 3 heterocycles. The molecule has 1 aromatic rings. The van der Waals surface area contributed by atoms with Crippen LogP contribution in [0.5, 0.6) is 0 Å². The molecule has 7 N–H and O–H groups in total. The number of Topliss-reactive ketones (excluding diaryl/α,β-unsaturated/α-hetero) is 1. The molecule has 0 radical (unpaired) electrons. The summed E-state index contributed by atoms with van der Waals surface area (Å²) in [5.41, 5.74) is 4.85. The fraction of sp³-hybridized carbons (Fsp3) is 0.639. The van der Waals surface area contributed by atoms with E-state index >= 15 is 0 Å². The predicted octanol–water partition coefficient (Wildman–Crippen LogP) is 1.24. The number of thiazole rings is 1. The van der Waals surface area contributed by atoms with Crippen LogP contribution in [0.15, 0.2) is 33.5 Å². The van der Waals surface area contributed by atoms with Crippen molar-refractivity contribution in [1.82, 2.24) is 15.2 Å². The number of anilines is 1. The number of methoxy groups -OCH3 is 1. The number of nitrogens with one attached hydrogen (secondary N) is 1. The molecule has 4 aliphatic carbocycles. The van der Waals surface area contributed by atoms with Crippen LogP contribution in [0.1, 0.15) is 64.5 Å². The van der Waals surface area contributed by atoms with Gasteiger partial charge in [-0.05, 0) is 73.3 Å². The highest BCUT2D eigenvalue weighted by molar-refractivity contribution is 8.00. The van der Waals surface area contributed by atoms with Crippen molar-refractivity contribution in [3.63, 3.8) is 0 Å². The molecule has 9 atom stereocenters. The summed E-state index contributed by atoms with van der Waals surface area (Å²) in [6, 6.07) is -0.894. The number of aliphatic hydroxyl groups excluding tert-OH is 2. The smallest absolute Gasteiger partial charge is 0.352 e. The molecular weight excluding hydrogens is 743 g/mol. The fourth-order valence-electron chi connectivity index (χ4n) is 10.2. The van der Waals surface area contributed by atoms with E-state index in [4.69, 9.17) is 15.3 Å². The number of carbonyl (C=O) groups is 5. The summed E-state index contributed by atoms with van der Waals surface area (Å²) >= 11 is 2.47. The van der Waals surface area contributed by atoms with Crippen LogP contribution in [0.3, 0.4) is 0 Å². The summed E-state index contributed by atoms with van der Waals surface area (Å²) in [4.78, 5) is 70.9. The van der Waals surface area contributed by atoms with Crippen molar-refractivity contribution >= 4 is 63.3 Å². The highest BCUT2D eigenvalue weighted by atomic mass is 32.2. The Morgan fingerprint density at radius 1 is 1.17 bits per heavy atom. The molecule has 4 fully saturated rings. The third-order valence-electron chi connectivity index (χ3n) is 12.7. The number of nitrogens with zero attached hydrogens (tertiary/aromatic N) is 3. The lowest BCUT2D eigenvalue weighted by Gasteiger charge is -2.60. The monoisotopic (exact) mass is 789 g/mol. The zero-order chi connectivity index (χ0) is 39.3. The van der Waals surface area contributed by atoms with Gasteiger partial charge in [0.15, 0.2) is 22.4 Å². The molecule has 54 heavy (non-hydrogen) atoms. The number of carbonyl (C=O) groups excluding carboxylic acids is 4. The minimum absolute atomic E-state index is 0.0697. The number of oxime groups is 1. The van der Waals surface area contributed by atoms with Crippen molar-refractivity contribution in [3.8, 4) is 0 Å². The van der Waals surface area contributed by atoms with Gasteiger partial charge in [0.05, 0.1) is 12.7 Å². The minimum Gasteiger partial charge on any atom is -0.477 e. The van der Waals surface area contributed by atoms with E-state index in [1.54, 1.807) is 11.5 Å².